The van der Waals surface area contributed by atoms with E-state index in [2.05, 4.69) is 4.98 Å². The van der Waals surface area contributed by atoms with Gasteiger partial charge < -0.3 is 4.74 Å². The Morgan fingerprint density at radius 1 is 1.22 bits per heavy atom. The van der Waals surface area contributed by atoms with Crippen LogP contribution >= 0.6 is 0 Å². The minimum absolute atomic E-state index is 0.0309. The average Bonchev–Trinajstić information content (AvgIpc) is 2.45. The molecule has 2 heterocycles. The summed E-state index contributed by atoms with van der Waals surface area (Å²) in [6, 6.07) is 5.77. The third-order valence-electron chi connectivity index (χ3n) is 3.52. The summed E-state index contributed by atoms with van der Waals surface area (Å²) in [5, 5.41) is 0. The standard InChI is InChI=1S/C15H14F2N2O3S/c16-12-4-13(17)6-15(5-12)23(20,21)19-8-11(9-19)10-22-14-2-1-3-18-7-14/h1-7,11H,8-10H2. The van der Waals surface area contributed by atoms with Crippen molar-refractivity contribution in [1.82, 2.24) is 9.29 Å². The van der Waals surface area contributed by atoms with E-state index in [1.807, 2.05) is 0 Å². The highest BCUT2D eigenvalue weighted by atomic mass is 32.2. The van der Waals surface area contributed by atoms with Gasteiger partial charge in [0.2, 0.25) is 10.0 Å². The van der Waals surface area contributed by atoms with E-state index in [1.54, 1.807) is 24.5 Å². The van der Waals surface area contributed by atoms with Crippen molar-refractivity contribution in [3.8, 4) is 5.75 Å². The number of halogens is 2. The van der Waals surface area contributed by atoms with Crippen molar-refractivity contribution in [2.45, 2.75) is 4.90 Å². The fourth-order valence-corrected chi connectivity index (χ4v) is 3.93. The van der Waals surface area contributed by atoms with E-state index in [-0.39, 0.29) is 23.9 Å². The normalized spacial score (nSPS) is 16.1. The molecule has 0 saturated carbocycles. The smallest absolute Gasteiger partial charge is 0.243 e. The largest absolute Gasteiger partial charge is 0.492 e. The molecule has 8 heteroatoms. The van der Waals surface area contributed by atoms with E-state index in [1.165, 1.54) is 4.31 Å². The molecule has 0 atom stereocenters. The number of hydrogen-bond acceptors (Lipinski definition) is 4. The van der Waals surface area contributed by atoms with Crippen LogP contribution in [-0.2, 0) is 10.0 Å². The van der Waals surface area contributed by atoms with E-state index in [9.17, 15) is 17.2 Å². The van der Waals surface area contributed by atoms with Crippen LogP contribution in [0.5, 0.6) is 5.75 Å². The highest BCUT2D eigenvalue weighted by Gasteiger charge is 2.37. The van der Waals surface area contributed by atoms with Crippen LogP contribution in [0.3, 0.4) is 0 Å². The van der Waals surface area contributed by atoms with Crippen molar-refractivity contribution in [3.63, 3.8) is 0 Å². The maximum absolute atomic E-state index is 13.2. The highest BCUT2D eigenvalue weighted by Crippen LogP contribution is 2.26. The van der Waals surface area contributed by atoms with Crippen molar-refractivity contribution < 1.29 is 21.9 Å². The van der Waals surface area contributed by atoms with Crippen LogP contribution in [0.2, 0.25) is 0 Å². The summed E-state index contributed by atoms with van der Waals surface area (Å²) in [4.78, 5) is 3.54. The number of hydrogen-bond donors (Lipinski definition) is 0. The molecule has 0 amide bonds. The van der Waals surface area contributed by atoms with Crippen molar-refractivity contribution in [2.75, 3.05) is 19.7 Å². The number of ether oxygens (including phenoxy) is 1. The van der Waals surface area contributed by atoms with Gasteiger partial charge in [0.05, 0.1) is 17.7 Å². The van der Waals surface area contributed by atoms with Gasteiger partial charge >= 0.3 is 0 Å². The van der Waals surface area contributed by atoms with E-state index >= 15 is 0 Å². The number of rotatable bonds is 5. The predicted octanol–water partition coefficient (Wildman–Crippen LogP) is 2.06. The maximum Gasteiger partial charge on any atom is 0.243 e. The zero-order valence-corrected chi connectivity index (χ0v) is 12.8. The first-order chi connectivity index (χ1) is 10.9. The minimum Gasteiger partial charge on any atom is -0.492 e. The summed E-state index contributed by atoms with van der Waals surface area (Å²) < 4.78 is 57.6. The Bertz CT molecular complexity index is 773. The topological polar surface area (TPSA) is 59.5 Å². The molecular weight excluding hydrogens is 326 g/mol. The minimum atomic E-state index is -3.88. The number of aromatic nitrogens is 1. The lowest BCUT2D eigenvalue weighted by atomic mass is 10.1. The Morgan fingerprint density at radius 2 is 1.91 bits per heavy atom. The van der Waals surface area contributed by atoms with Crippen molar-refractivity contribution in [2.24, 2.45) is 5.92 Å². The van der Waals surface area contributed by atoms with Gasteiger partial charge in [0.1, 0.15) is 17.4 Å². The number of nitrogens with zero attached hydrogens (tertiary/aromatic N) is 2. The first kappa shape index (κ1) is 15.8. The Hall–Kier alpha value is -2.06. The molecule has 1 fully saturated rings. The van der Waals surface area contributed by atoms with Crippen LogP contribution in [0.4, 0.5) is 8.78 Å². The van der Waals surface area contributed by atoms with Crippen molar-refractivity contribution in [1.29, 1.82) is 0 Å². The van der Waals surface area contributed by atoms with Gasteiger partial charge in [0, 0.05) is 31.3 Å². The van der Waals surface area contributed by atoms with Gasteiger partial charge in [-0.1, -0.05) is 0 Å². The fraction of sp³-hybridized carbons (Fsp3) is 0.267. The second-order valence-electron chi connectivity index (χ2n) is 5.29. The van der Waals surface area contributed by atoms with E-state index in [0.29, 0.717) is 18.4 Å². The molecule has 0 bridgehead atoms. The van der Waals surface area contributed by atoms with Crippen LogP contribution in [0.25, 0.3) is 0 Å². The van der Waals surface area contributed by atoms with Gasteiger partial charge in [0.25, 0.3) is 0 Å². The van der Waals surface area contributed by atoms with Gasteiger partial charge in [-0.2, -0.15) is 4.31 Å². The van der Waals surface area contributed by atoms with Crippen molar-refractivity contribution in [3.05, 3.63) is 54.4 Å². The van der Waals surface area contributed by atoms with Gasteiger partial charge in [0.15, 0.2) is 0 Å². The summed E-state index contributed by atoms with van der Waals surface area (Å²) in [6.45, 7) is 0.858. The molecule has 122 valence electrons. The molecule has 0 N–H and O–H groups in total. The molecule has 0 radical (unpaired) electrons. The molecule has 1 aliphatic heterocycles. The number of sulfonamides is 1. The Morgan fingerprint density at radius 3 is 2.52 bits per heavy atom. The Balaban J connectivity index is 1.59. The van der Waals surface area contributed by atoms with Gasteiger partial charge in [-0.25, -0.2) is 17.2 Å². The molecule has 1 aromatic carbocycles. The Labute approximate surface area is 132 Å². The van der Waals surface area contributed by atoms with Crippen LogP contribution in [-0.4, -0.2) is 37.4 Å². The highest BCUT2D eigenvalue weighted by molar-refractivity contribution is 7.89. The summed E-state index contributed by atoms with van der Waals surface area (Å²) >= 11 is 0. The maximum atomic E-state index is 13.2. The summed E-state index contributed by atoms with van der Waals surface area (Å²) in [5.41, 5.74) is 0. The molecule has 1 aliphatic rings. The molecule has 0 spiro atoms. The summed E-state index contributed by atoms with van der Waals surface area (Å²) in [5.74, 6) is -1.19. The van der Waals surface area contributed by atoms with E-state index < -0.39 is 21.7 Å². The summed E-state index contributed by atoms with van der Waals surface area (Å²) in [6.07, 6.45) is 3.20. The molecule has 3 rings (SSSR count). The molecule has 0 unspecified atom stereocenters. The molecule has 5 nitrogen and oxygen atoms in total. The molecular formula is C15H14F2N2O3S. The van der Waals surface area contributed by atoms with Crippen LogP contribution in [0.15, 0.2) is 47.6 Å². The van der Waals surface area contributed by atoms with E-state index in [4.69, 9.17) is 4.74 Å². The lowest BCUT2D eigenvalue weighted by molar-refractivity contribution is 0.129. The molecule has 2 aromatic rings. The molecule has 0 aliphatic carbocycles. The van der Waals surface area contributed by atoms with Crippen LogP contribution in [0.1, 0.15) is 0 Å². The second kappa shape index (κ2) is 6.21. The predicted molar refractivity (Wildman–Crippen MR) is 78.3 cm³/mol. The molecule has 1 saturated heterocycles. The zero-order valence-electron chi connectivity index (χ0n) is 12.0. The fourth-order valence-electron chi connectivity index (χ4n) is 2.30. The lowest BCUT2D eigenvalue weighted by Crippen LogP contribution is -2.51. The van der Waals surface area contributed by atoms with Crippen molar-refractivity contribution >= 4 is 10.0 Å². The number of pyridine rings is 1. The van der Waals surface area contributed by atoms with Gasteiger partial charge in [-0.05, 0) is 24.3 Å². The Kier molecular flexibility index (Phi) is 4.27. The summed E-state index contributed by atoms with van der Waals surface area (Å²) in [7, 11) is -3.88. The molecule has 23 heavy (non-hydrogen) atoms. The second-order valence-corrected chi connectivity index (χ2v) is 7.23. The number of benzene rings is 1. The molecule has 1 aromatic heterocycles. The average molecular weight is 340 g/mol. The quantitative estimate of drug-likeness (QED) is 0.836. The van der Waals surface area contributed by atoms with E-state index in [0.717, 1.165) is 12.1 Å². The van der Waals surface area contributed by atoms with Gasteiger partial charge in [-0.3, -0.25) is 4.98 Å². The SMILES string of the molecule is O=S(=O)(c1cc(F)cc(F)c1)N1CC(COc2cccnc2)C1. The third-order valence-corrected chi connectivity index (χ3v) is 5.33. The first-order valence-electron chi connectivity index (χ1n) is 6.94. The van der Waals surface area contributed by atoms with Crippen LogP contribution < -0.4 is 4.74 Å². The van der Waals surface area contributed by atoms with Crippen LogP contribution in [0, 0.1) is 17.6 Å². The zero-order chi connectivity index (χ0) is 16.4. The lowest BCUT2D eigenvalue weighted by Gasteiger charge is -2.37. The monoisotopic (exact) mass is 340 g/mol. The first-order valence-corrected chi connectivity index (χ1v) is 8.38. The third kappa shape index (κ3) is 3.48. The van der Waals surface area contributed by atoms with Gasteiger partial charge in [-0.15, -0.1) is 0 Å².